The highest BCUT2D eigenvalue weighted by atomic mass is 16.6. The van der Waals surface area contributed by atoms with Crippen molar-refractivity contribution in [3.8, 4) is 5.75 Å². The molecule has 25 heavy (non-hydrogen) atoms. The highest BCUT2D eigenvalue weighted by molar-refractivity contribution is 5.87. The van der Waals surface area contributed by atoms with Crippen LogP contribution in [-0.2, 0) is 19.1 Å². The first-order chi connectivity index (χ1) is 12.1. The van der Waals surface area contributed by atoms with Crippen LogP contribution in [0.25, 0.3) is 0 Å². The lowest BCUT2D eigenvalue weighted by atomic mass is 9.78. The van der Waals surface area contributed by atoms with Crippen molar-refractivity contribution in [3.63, 3.8) is 0 Å². The minimum atomic E-state index is -0.652. The van der Waals surface area contributed by atoms with Crippen LogP contribution in [0.5, 0.6) is 5.75 Å². The number of hydrogen-bond donors (Lipinski definition) is 1. The van der Waals surface area contributed by atoms with Gasteiger partial charge in [0.25, 0.3) is 0 Å². The molecular formula is C19H25NO5. The maximum atomic E-state index is 12.6. The number of esters is 1. The van der Waals surface area contributed by atoms with Crippen molar-refractivity contribution in [3.05, 3.63) is 42.1 Å². The van der Waals surface area contributed by atoms with E-state index in [1.54, 1.807) is 0 Å². The fraction of sp³-hybridized carbons (Fsp3) is 0.474. The summed E-state index contributed by atoms with van der Waals surface area (Å²) in [6.45, 7) is 9.20. The lowest BCUT2D eigenvalue weighted by molar-refractivity contribution is -0.150. The molecule has 1 heterocycles. The van der Waals surface area contributed by atoms with Crippen LogP contribution < -0.4 is 10.1 Å². The Kier molecular flexibility index (Phi) is 7.01. The third-order valence-electron chi connectivity index (χ3n) is 4.03. The Morgan fingerprint density at radius 2 is 2.00 bits per heavy atom. The van der Waals surface area contributed by atoms with Crippen LogP contribution in [0, 0.1) is 5.92 Å². The summed E-state index contributed by atoms with van der Waals surface area (Å²) in [7, 11) is 0. The first-order valence-electron chi connectivity index (χ1n) is 8.53. The first-order valence-corrected chi connectivity index (χ1v) is 8.53. The van der Waals surface area contributed by atoms with E-state index in [1.165, 1.54) is 0 Å². The SMILES string of the molecule is C=C1NC(=O)C[C@H](c2ccccc2OCC)[C@@H]1C(=O)OCCOCC. The predicted octanol–water partition coefficient (Wildman–Crippen LogP) is 2.40. The molecule has 1 N–H and O–H groups in total. The quantitative estimate of drug-likeness (QED) is 0.577. The Bertz CT molecular complexity index is 628. The van der Waals surface area contributed by atoms with Crippen LogP contribution in [0.3, 0.4) is 0 Å². The van der Waals surface area contributed by atoms with Crippen LogP contribution in [0.4, 0.5) is 0 Å². The predicted molar refractivity (Wildman–Crippen MR) is 93.2 cm³/mol. The maximum Gasteiger partial charge on any atom is 0.315 e. The second-order valence-electron chi connectivity index (χ2n) is 5.70. The van der Waals surface area contributed by atoms with Gasteiger partial charge in [-0.25, -0.2) is 0 Å². The second kappa shape index (κ2) is 9.22. The highest BCUT2D eigenvalue weighted by Gasteiger charge is 2.40. The van der Waals surface area contributed by atoms with Crippen molar-refractivity contribution >= 4 is 11.9 Å². The molecule has 0 unspecified atom stereocenters. The normalized spacial score (nSPS) is 20.1. The van der Waals surface area contributed by atoms with E-state index in [1.807, 2.05) is 38.1 Å². The molecule has 1 fully saturated rings. The molecule has 0 bridgehead atoms. The molecular weight excluding hydrogens is 322 g/mol. The van der Waals surface area contributed by atoms with Crippen LogP contribution in [0.2, 0.25) is 0 Å². The van der Waals surface area contributed by atoms with Crippen molar-refractivity contribution in [2.45, 2.75) is 26.2 Å². The van der Waals surface area contributed by atoms with Gasteiger partial charge in [0.1, 0.15) is 18.3 Å². The number of amides is 1. The minimum absolute atomic E-state index is 0.167. The second-order valence-corrected chi connectivity index (χ2v) is 5.70. The van der Waals surface area contributed by atoms with Gasteiger partial charge in [-0.05, 0) is 25.5 Å². The van der Waals surface area contributed by atoms with Crippen LogP contribution in [0.1, 0.15) is 31.7 Å². The number of piperidine rings is 1. The zero-order chi connectivity index (χ0) is 18.2. The Morgan fingerprint density at radius 1 is 1.24 bits per heavy atom. The summed E-state index contributed by atoms with van der Waals surface area (Å²) in [5.41, 5.74) is 1.17. The Labute approximate surface area is 148 Å². The van der Waals surface area contributed by atoms with E-state index >= 15 is 0 Å². The van der Waals surface area contributed by atoms with Gasteiger partial charge in [0, 0.05) is 24.6 Å². The van der Waals surface area contributed by atoms with E-state index in [0.29, 0.717) is 31.3 Å². The molecule has 0 spiro atoms. The molecule has 0 aromatic heterocycles. The van der Waals surface area contributed by atoms with Crippen LogP contribution >= 0.6 is 0 Å². The van der Waals surface area contributed by atoms with Gasteiger partial charge in [0.15, 0.2) is 0 Å². The average Bonchev–Trinajstić information content (AvgIpc) is 2.58. The first kappa shape index (κ1) is 19.0. The third-order valence-corrected chi connectivity index (χ3v) is 4.03. The third kappa shape index (κ3) is 4.82. The number of carbonyl (C=O) groups excluding carboxylic acids is 2. The van der Waals surface area contributed by atoms with E-state index in [2.05, 4.69) is 11.9 Å². The number of ether oxygens (including phenoxy) is 3. The maximum absolute atomic E-state index is 12.6. The van der Waals surface area contributed by atoms with Crippen molar-refractivity contribution < 1.29 is 23.8 Å². The number of para-hydroxylation sites is 1. The fourth-order valence-electron chi connectivity index (χ4n) is 2.97. The molecule has 1 aliphatic heterocycles. The molecule has 1 amide bonds. The average molecular weight is 347 g/mol. The standard InChI is InChI=1S/C19H25NO5/c1-4-23-10-11-25-19(22)18-13(3)20-17(21)12-15(18)14-8-6-7-9-16(14)24-5-2/h6-9,15,18H,3-5,10-12H2,1-2H3,(H,20,21)/t15-,18-/m1/s1. The van der Waals surface area contributed by atoms with Gasteiger partial charge in [0.2, 0.25) is 5.91 Å². The fourth-order valence-corrected chi connectivity index (χ4v) is 2.97. The number of rotatable bonds is 8. The van der Waals surface area contributed by atoms with Crippen LogP contribution in [-0.4, -0.2) is 38.3 Å². The Balaban J connectivity index is 2.24. The molecule has 2 rings (SSSR count). The molecule has 0 aliphatic carbocycles. The van der Waals surface area contributed by atoms with E-state index < -0.39 is 11.9 Å². The molecule has 1 aliphatic rings. The molecule has 0 radical (unpaired) electrons. The Morgan fingerprint density at radius 3 is 2.72 bits per heavy atom. The van der Waals surface area contributed by atoms with Gasteiger partial charge < -0.3 is 19.5 Å². The number of hydrogen-bond acceptors (Lipinski definition) is 5. The van der Waals surface area contributed by atoms with E-state index in [4.69, 9.17) is 14.2 Å². The summed E-state index contributed by atoms with van der Waals surface area (Å²) < 4.78 is 16.2. The van der Waals surface area contributed by atoms with E-state index in [9.17, 15) is 9.59 Å². The number of carbonyl (C=O) groups is 2. The van der Waals surface area contributed by atoms with Gasteiger partial charge in [-0.1, -0.05) is 24.8 Å². The largest absolute Gasteiger partial charge is 0.494 e. The smallest absolute Gasteiger partial charge is 0.315 e. The highest BCUT2D eigenvalue weighted by Crippen LogP contribution is 2.40. The summed E-state index contributed by atoms with van der Waals surface area (Å²) in [5, 5.41) is 2.66. The van der Waals surface area contributed by atoms with Crippen molar-refractivity contribution in [1.29, 1.82) is 0 Å². The van der Waals surface area contributed by atoms with Crippen molar-refractivity contribution in [2.24, 2.45) is 5.92 Å². The summed E-state index contributed by atoms with van der Waals surface area (Å²) in [6, 6.07) is 7.44. The molecule has 1 aromatic rings. The lowest BCUT2D eigenvalue weighted by Gasteiger charge is -2.32. The molecule has 2 atom stereocenters. The van der Waals surface area contributed by atoms with E-state index in [-0.39, 0.29) is 24.9 Å². The van der Waals surface area contributed by atoms with Crippen LogP contribution in [0.15, 0.2) is 36.5 Å². The summed E-state index contributed by atoms with van der Waals surface area (Å²) in [4.78, 5) is 24.6. The van der Waals surface area contributed by atoms with Gasteiger partial charge >= 0.3 is 5.97 Å². The molecule has 6 heteroatoms. The van der Waals surface area contributed by atoms with Gasteiger partial charge in [-0.15, -0.1) is 0 Å². The van der Waals surface area contributed by atoms with Gasteiger partial charge in [-0.2, -0.15) is 0 Å². The monoisotopic (exact) mass is 347 g/mol. The molecule has 0 saturated carbocycles. The zero-order valence-electron chi connectivity index (χ0n) is 14.7. The number of benzene rings is 1. The summed E-state index contributed by atoms with van der Waals surface area (Å²) >= 11 is 0. The molecule has 1 aromatic carbocycles. The number of nitrogens with one attached hydrogen (secondary N) is 1. The molecule has 136 valence electrons. The van der Waals surface area contributed by atoms with Gasteiger partial charge in [-0.3, -0.25) is 9.59 Å². The summed E-state index contributed by atoms with van der Waals surface area (Å²) in [6.07, 6.45) is 0.175. The summed E-state index contributed by atoms with van der Waals surface area (Å²) in [5.74, 6) is -0.935. The topological polar surface area (TPSA) is 73.9 Å². The van der Waals surface area contributed by atoms with E-state index in [0.717, 1.165) is 5.56 Å². The van der Waals surface area contributed by atoms with Gasteiger partial charge in [0.05, 0.1) is 13.2 Å². The molecule has 1 saturated heterocycles. The zero-order valence-corrected chi connectivity index (χ0v) is 14.7. The van der Waals surface area contributed by atoms with Crippen molar-refractivity contribution in [2.75, 3.05) is 26.4 Å². The minimum Gasteiger partial charge on any atom is -0.494 e. The lowest BCUT2D eigenvalue weighted by Crippen LogP contribution is -2.41. The molecule has 6 nitrogen and oxygen atoms in total. The Hall–Kier alpha value is -2.34. The van der Waals surface area contributed by atoms with Crippen molar-refractivity contribution in [1.82, 2.24) is 5.32 Å².